The number of alkyl halides is 1. The molecule has 0 bridgehead atoms. The number of nitrogens with two attached hydrogens (primary N) is 1. The molecule has 7 heteroatoms. The minimum absolute atomic E-state index is 0.0500. The smallest absolute Gasteiger partial charge is 0.349 e. The Balaban J connectivity index is 3.15. The van der Waals surface area contributed by atoms with Crippen molar-refractivity contribution < 1.29 is 4.79 Å². The van der Waals surface area contributed by atoms with Crippen molar-refractivity contribution in [3.8, 4) is 0 Å². The fourth-order valence-corrected chi connectivity index (χ4v) is 1.50. The van der Waals surface area contributed by atoms with Crippen LogP contribution in [0.2, 0.25) is 0 Å². The van der Waals surface area contributed by atoms with Gasteiger partial charge in [0.05, 0.1) is 12.1 Å². The molecular weight excluding hydrogens is 232 g/mol. The second-order valence-electron chi connectivity index (χ2n) is 3.15. The molecule has 0 aliphatic carbocycles. The monoisotopic (exact) mass is 244 g/mol. The normalized spacial score (nSPS) is 10.1. The number of carbonyl (C=O) groups is 1. The van der Waals surface area contributed by atoms with E-state index in [0.717, 1.165) is 0 Å². The largest absolute Gasteiger partial charge is 0.374 e. The maximum absolute atomic E-state index is 11.6. The maximum Gasteiger partial charge on any atom is 0.349 e. The molecule has 0 saturated carbocycles. The highest BCUT2D eigenvalue weighted by atomic mass is 35.5. The molecule has 1 aromatic heterocycles. The summed E-state index contributed by atoms with van der Waals surface area (Å²) in [4.78, 5) is 26.1. The van der Waals surface area contributed by atoms with Crippen LogP contribution in [0.4, 0.5) is 5.82 Å². The van der Waals surface area contributed by atoms with Crippen molar-refractivity contribution in [2.24, 2.45) is 5.73 Å². The zero-order valence-corrected chi connectivity index (χ0v) is 9.62. The second kappa shape index (κ2) is 5.50. The van der Waals surface area contributed by atoms with Crippen LogP contribution in [0.3, 0.4) is 0 Å². The minimum atomic E-state index is -0.524. The van der Waals surface area contributed by atoms with Crippen LogP contribution in [-0.2, 0) is 17.8 Å². The van der Waals surface area contributed by atoms with Gasteiger partial charge in [0.1, 0.15) is 5.82 Å². The van der Waals surface area contributed by atoms with Crippen LogP contribution in [0.15, 0.2) is 10.9 Å². The number of aromatic nitrogens is 2. The molecule has 0 radical (unpaired) electrons. The summed E-state index contributed by atoms with van der Waals surface area (Å²) in [5.74, 6) is 0.353. The van der Waals surface area contributed by atoms with E-state index in [1.54, 1.807) is 13.1 Å². The first-order chi connectivity index (χ1) is 7.58. The Bertz CT molecular complexity index is 444. The van der Waals surface area contributed by atoms with Gasteiger partial charge >= 0.3 is 5.69 Å². The van der Waals surface area contributed by atoms with E-state index in [1.165, 1.54) is 4.57 Å². The molecule has 16 heavy (non-hydrogen) atoms. The average Bonchev–Trinajstić information content (AvgIpc) is 2.20. The number of rotatable bonds is 5. The van der Waals surface area contributed by atoms with E-state index >= 15 is 0 Å². The Morgan fingerprint density at radius 1 is 1.69 bits per heavy atom. The molecule has 0 unspecified atom stereocenters. The lowest BCUT2D eigenvalue weighted by Gasteiger charge is -2.11. The van der Waals surface area contributed by atoms with Crippen LogP contribution in [0.5, 0.6) is 0 Å². The number of amides is 1. The number of primary amides is 1. The summed E-state index contributed by atoms with van der Waals surface area (Å²) in [6.45, 7) is 0.362. The first-order valence-corrected chi connectivity index (χ1v) is 5.24. The first kappa shape index (κ1) is 12.5. The van der Waals surface area contributed by atoms with E-state index in [2.05, 4.69) is 10.3 Å². The van der Waals surface area contributed by atoms with Gasteiger partial charge in [-0.2, -0.15) is 4.98 Å². The molecule has 0 spiro atoms. The molecule has 0 aliphatic heterocycles. The zero-order valence-electron chi connectivity index (χ0n) is 8.86. The zero-order chi connectivity index (χ0) is 12.1. The standard InChI is InChI=1S/C9H13ClN4O2/c1-12-8-5-6(4-7(11)15)13-9(16)14(8)3-2-10/h5,12H,2-4H2,1H3,(H2,11,15). The molecule has 0 saturated heterocycles. The lowest BCUT2D eigenvalue weighted by atomic mass is 10.3. The van der Waals surface area contributed by atoms with Gasteiger partial charge in [-0.1, -0.05) is 0 Å². The van der Waals surface area contributed by atoms with Gasteiger partial charge in [-0.25, -0.2) is 4.79 Å². The first-order valence-electron chi connectivity index (χ1n) is 4.71. The van der Waals surface area contributed by atoms with Crippen LogP contribution in [0.25, 0.3) is 0 Å². The summed E-state index contributed by atoms with van der Waals surface area (Å²) in [7, 11) is 1.67. The minimum Gasteiger partial charge on any atom is -0.374 e. The van der Waals surface area contributed by atoms with Gasteiger partial charge in [0.15, 0.2) is 0 Å². The lowest BCUT2D eigenvalue weighted by Crippen LogP contribution is -2.28. The van der Waals surface area contributed by atoms with Crippen molar-refractivity contribution in [2.75, 3.05) is 18.2 Å². The van der Waals surface area contributed by atoms with Crippen molar-refractivity contribution in [3.05, 3.63) is 22.2 Å². The molecule has 0 atom stereocenters. The molecule has 0 aromatic carbocycles. The van der Waals surface area contributed by atoms with Gasteiger partial charge in [-0.05, 0) is 0 Å². The third-order valence-corrected chi connectivity index (χ3v) is 2.15. The van der Waals surface area contributed by atoms with Crippen molar-refractivity contribution >= 4 is 23.3 Å². The number of hydrogen-bond donors (Lipinski definition) is 2. The SMILES string of the molecule is CNc1cc(CC(N)=O)nc(=O)n1CCCl. The van der Waals surface area contributed by atoms with Gasteiger partial charge < -0.3 is 11.1 Å². The number of anilines is 1. The Morgan fingerprint density at radius 2 is 2.38 bits per heavy atom. The van der Waals surface area contributed by atoms with E-state index in [0.29, 0.717) is 23.9 Å². The molecule has 1 aromatic rings. The molecule has 6 nitrogen and oxygen atoms in total. The number of nitrogens with one attached hydrogen (secondary N) is 1. The molecule has 88 valence electrons. The van der Waals surface area contributed by atoms with E-state index < -0.39 is 11.6 Å². The summed E-state index contributed by atoms with van der Waals surface area (Å²) in [6, 6.07) is 1.61. The topological polar surface area (TPSA) is 90.0 Å². The molecule has 1 heterocycles. The third kappa shape index (κ3) is 2.96. The Hall–Kier alpha value is -1.56. The Morgan fingerprint density at radius 3 is 2.88 bits per heavy atom. The van der Waals surface area contributed by atoms with Crippen LogP contribution >= 0.6 is 11.6 Å². The van der Waals surface area contributed by atoms with Crippen LogP contribution in [0, 0.1) is 0 Å². The summed E-state index contributed by atoms with van der Waals surface area (Å²) in [5.41, 5.74) is 4.95. The third-order valence-electron chi connectivity index (χ3n) is 1.98. The van der Waals surface area contributed by atoms with Gasteiger partial charge in [-0.15, -0.1) is 11.6 Å². The predicted molar refractivity (Wildman–Crippen MR) is 61.7 cm³/mol. The van der Waals surface area contributed by atoms with E-state index in [1.807, 2.05) is 0 Å². The van der Waals surface area contributed by atoms with E-state index in [-0.39, 0.29) is 6.42 Å². The molecular formula is C9H13ClN4O2. The highest BCUT2D eigenvalue weighted by molar-refractivity contribution is 6.17. The van der Waals surface area contributed by atoms with Gasteiger partial charge in [0.2, 0.25) is 5.91 Å². The summed E-state index contributed by atoms with van der Waals surface area (Å²) < 4.78 is 1.40. The number of halogens is 1. The highest BCUT2D eigenvalue weighted by Crippen LogP contribution is 2.06. The quantitative estimate of drug-likeness (QED) is 0.687. The van der Waals surface area contributed by atoms with Gasteiger partial charge in [-0.3, -0.25) is 9.36 Å². The van der Waals surface area contributed by atoms with Crippen molar-refractivity contribution in [1.29, 1.82) is 0 Å². The summed E-state index contributed by atoms with van der Waals surface area (Å²) in [6.07, 6.45) is -0.0500. The molecule has 1 rings (SSSR count). The van der Waals surface area contributed by atoms with Gasteiger partial charge in [0.25, 0.3) is 0 Å². The highest BCUT2D eigenvalue weighted by Gasteiger charge is 2.08. The summed E-state index contributed by atoms with van der Waals surface area (Å²) >= 11 is 5.57. The van der Waals surface area contributed by atoms with E-state index in [4.69, 9.17) is 17.3 Å². The van der Waals surface area contributed by atoms with Crippen LogP contribution in [-0.4, -0.2) is 28.4 Å². The van der Waals surface area contributed by atoms with Crippen molar-refractivity contribution in [3.63, 3.8) is 0 Å². The van der Waals surface area contributed by atoms with Gasteiger partial charge in [0, 0.05) is 25.5 Å². The number of nitrogens with zero attached hydrogens (tertiary/aromatic N) is 2. The number of hydrogen-bond acceptors (Lipinski definition) is 4. The van der Waals surface area contributed by atoms with Crippen molar-refractivity contribution in [2.45, 2.75) is 13.0 Å². The maximum atomic E-state index is 11.6. The summed E-state index contributed by atoms with van der Waals surface area (Å²) in [5, 5.41) is 2.85. The Kier molecular flexibility index (Phi) is 4.30. The second-order valence-corrected chi connectivity index (χ2v) is 3.53. The molecule has 3 N–H and O–H groups in total. The fourth-order valence-electron chi connectivity index (χ4n) is 1.33. The predicted octanol–water partition coefficient (Wildman–Crippen LogP) is -0.448. The lowest BCUT2D eigenvalue weighted by molar-refractivity contribution is -0.117. The molecule has 0 fully saturated rings. The number of carbonyl (C=O) groups excluding carboxylic acids is 1. The van der Waals surface area contributed by atoms with Crippen LogP contribution in [0.1, 0.15) is 5.69 Å². The average molecular weight is 245 g/mol. The fraction of sp³-hybridized carbons (Fsp3) is 0.444. The molecule has 0 aliphatic rings. The Labute approximate surface area is 97.4 Å². The molecule has 1 amide bonds. The van der Waals surface area contributed by atoms with Crippen LogP contribution < -0.4 is 16.7 Å². The van der Waals surface area contributed by atoms with Crippen molar-refractivity contribution in [1.82, 2.24) is 9.55 Å². The van der Waals surface area contributed by atoms with E-state index in [9.17, 15) is 9.59 Å².